The summed E-state index contributed by atoms with van der Waals surface area (Å²) >= 11 is 0. The number of hydrogen-bond donors (Lipinski definition) is 2. The first kappa shape index (κ1) is 16.4. The van der Waals surface area contributed by atoms with Crippen molar-refractivity contribution in [1.29, 1.82) is 0 Å². The number of aryl methyl sites for hydroxylation is 1. The minimum atomic E-state index is -4.64. The predicted molar refractivity (Wildman–Crippen MR) is 69.7 cm³/mol. The molecule has 1 fully saturated rings. The summed E-state index contributed by atoms with van der Waals surface area (Å²) in [7, 11) is -4.64. The molecule has 4 N–H and O–H groups in total. The van der Waals surface area contributed by atoms with E-state index in [2.05, 4.69) is 16.2 Å². The maximum absolute atomic E-state index is 10.8. The third-order valence-corrected chi connectivity index (χ3v) is 3.20. The smallest absolute Gasteiger partial charge is 0.476 e. The zero-order chi connectivity index (χ0) is 14.2. The molecule has 0 bridgehead atoms. The van der Waals surface area contributed by atoms with E-state index in [9.17, 15) is 8.42 Å². The molecule has 20 heavy (non-hydrogen) atoms. The molecule has 0 aromatic carbocycles. The molecule has 0 aliphatic carbocycles. The van der Waals surface area contributed by atoms with Crippen molar-refractivity contribution in [3.8, 4) is 0 Å². The molecule has 1 aliphatic rings. The summed E-state index contributed by atoms with van der Waals surface area (Å²) in [4.78, 5) is 6.34. The number of anilines is 2. The first-order chi connectivity index (χ1) is 8.80. The second-order valence-electron chi connectivity index (χ2n) is 4.62. The van der Waals surface area contributed by atoms with Crippen LogP contribution in [0.1, 0.15) is 19.7 Å². The average Bonchev–Trinajstić information content (AvgIpc) is 2.26. The van der Waals surface area contributed by atoms with E-state index in [0.29, 0.717) is 24.0 Å². The Morgan fingerprint density at radius 2 is 2.20 bits per heavy atom. The van der Waals surface area contributed by atoms with Crippen LogP contribution >= 0.6 is 0 Å². The zero-order valence-corrected chi connectivity index (χ0v) is 12.0. The molecule has 1 aromatic rings. The molecule has 114 valence electrons. The predicted octanol–water partition coefficient (Wildman–Crippen LogP) is -0.976. The Morgan fingerprint density at radius 1 is 1.60 bits per heavy atom. The summed E-state index contributed by atoms with van der Waals surface area (Å²) < 4.78 is 35.5. The minimum absolute atomic E-state index is 0. The standard InChI is InChI=1S/C10H16N4O4S.H2O/c1-3-9-12-10(13-5-7(2)6-13)4-8(11)14(9)18-19(15,16)17;/h4,7,11H,3,5-6H2,1-2H3,(H,15,16,17);1H2. The Bertz CT molecular complexity index is 586. The van der Waals surface area contributed by atoms with E-state index in [1.54, 1.807) is 6.92 Å². The molecule has 0 saturated carbocycles. The summed E-state index contributed by atoms with van der Waals surface area (Å²) in [6, 6.07) is 1.52. The van der Waals surface area contributed by atoms with E-state index in [1.165, 1.54) is 6.07 Å². The van der Waals surface area contributed by atoms with E-state index in [4.69, 9.17) is 10.3 Å². The zero-order valence-electron chi connectivity index (χ0n) is 11.2. The van der Waals surface area contributed by atoms with E-state index in [0.717, 1.165) is 17.8 Å². The lowest BCUT2D eigenvalue weighted by atomic mass is 10.0. The minimum Gasteiger partial charge on any atom is -0.870 e. The molecule has 1 aliphatic heterocycles. The van der Waals surface area contributed by atoms with Gasteiger partial charge in [-0.1, -0.05) is 18.8 Å². The van der Waals surface area contributed by atoms with Gasteiger partial charge in [-0.05, 0) is 10.6 Å². The maximum atomic E-state index is 10.8. The lowest BCUT2D eigenvalue weighted by Crippen LogP contribution is -2.53. The monoisotopic (exact) mass is 306 g/mol. The molecule has 0 spiro atoms. The van der Waals surface area contributed by atoms with Crippen molar-refractivity contribution in [3.05, 3.63) is 11.9 Å². The van der Waals surface area contributed by atoms with E-state index in [-0.39, 0.29) is 11.3 Å². The molecule has 0 atom stereocenters. The molecule has 10 heteroatoms. The van der Waals surface area contributed by atoms with E-state index in [1.807, 2.05) is 4.90 Å². The maximum Gasteiger partial charge on any atom is 0.476 e. The number of hydrogen-bond acceptors (Lipinski definition) is 7. The summed E-state index contributed by atoms with van der Waals surface area (Å²) in [5.74, 6) is 1.68. The van der Waals surface area contributed by atoms with Crippen LogP contribution in [0.2, 0.25) is 0 Å². The normalized spacial score (nSPS) is 15.4. The van der Waals surface area contributed by atoms with Crippen molar-refractivity contribution in [2.45, 2.75) is 20.3 Å². The van der Waals surface area contributed by atoms with Crippen molar-refractivity contribution in [1.82, 2.24) is 4.98 Å². The van der Waals surface area contributed by atoms with Gasteiger partial charge in [0.25, 0.3) is 11.6 Å². The Balaban J connectivity index is 0.00000200. The van der Waals surface area contributed by atoms with Crippen LogP contribution in [0.15, 0.2) is 6.07 Å². The third kappa shape index (κ3) is 3.46. The summed E-state index contributed by atoms with van der Waals surface area (Å²) in [5.41, 5.74) is 5.75. The first-order valence-corrected chi connectivity index (χ1v) is 7.30. The topological polar surface area (TPSA) is 140 Å². The van der Waals surface area contributed by atoms with Crippen molar-refractivity contribution in [2.75, 3.05) is 23.7 Å². The molecule has 2 heterocycles. The van der Waals surface area contributed by atoms with E-state index < -0.39 is 10.4 Å². The Hall–Kier alpha value is -1.65. The van der Waals surface area contributed by atoms with Gasteiger partial charge in [0.2, 0.25) is 5.82 Å². The van der Waals surface area contributed by atoms with Crippen LogP contribution in [0.3, 0.4) is 0 Å². The molecule has 0 unspecified atom stereocenters. The van der Waals surface area contributed by atoms with Gasteiger partial charge in [0.1, 0.15) is 0 Å². The van der Waals surface area contributed by atoms with Gasteiger partial charge in [-0.2, -0.15) is 8.42 Å². The fourth-order valence-corrected chi connectivity index (χ4v) is 2.36. The van der Waals surface area contributed by atoms with Crippen LogP contribution in [0.5, 0.6) is 0 Å². The molecular formula is C10H18N4O5S. The van der Waals surface area contributed by atoms with Gasteiger partial charge in [0.15, 0.2) is 0 Å². The SMILES string of the molecule is CCc1nc(N2CC(C)C2)cc(N)[n+]1OS(=O)(=O)O.[OH-]. The molecule has 1 aromatic heterocycles. The number of rotatable bonds is 4. The van der Waals surface area contributed by atoms with Crippen LogP contribution < -0.4 is 19.6 Å². The summed E-state index contributed by atoms with van der Waals surface area (Å²) in [5, 5.41) is 0. The average molecular weight is 306 g/mol. The molecule has 0 amide bonds. The first-order valence-electron chi connectivity index (χ1n) is 5.94. The number of nitrogens with two attached hydrogens (primary N) is 1. The Kier molecular flexibility index (Phi) is 4.73. The fraction of sp³-hybridized carbons (Fsp3) is 0.600. The van der Waals surface area contributed by atoms with Gasteiger partial charge in [0, 0.05) is 19.5 Å². The van der Waals surface area contributed by atoms with Gasteiger partial charge in [-0.25, -0.2) is 4.28 Å². The van der Waals surface area contributed by atoms with Crippen LogP contribution in [0.4, 0.5) is 11.6 Å². The van der Waals surface area contributed by atoms with Gasteiger partial charge < -0.3 is 16.1 Å². The van der Waals surface area contributed by atoms with Crippen molar-refractivity contribution < 1.29 is 27.5 Å². The largest absolute Gasteiger partial charge is 0.870 e. The Morgan fingerprint density at radius 3 is 2.65 bits per heavy atom. The highest BCUT2D eigenvalue weighted by Gasteiger charge is 2.29. The van der Waals surface area contributed by atoms with Crippen molar-refractivity contribution in [3.63, 3.8) is 0 Å². The molecule has 0 radical (unpaired) electrons. The molecular weight excluding hydrogens is 288 g/mol. The summed E-state index contributed by atoms with van der Waals surface area (Å²) in [6.45, 7) is 5.69. The Labute approximate surface area is 117 Å². The lowest BCUT2D eigenvalue weighted by Gasteiger charge is -2.36. The fourth-order valence-electron chi connectivity index (χ4n) is 2.00. The van der Waals surface area contributed by atoms with Gasteiger partial charge >= 0.3 is 10.4 Å². The number of nitrogens with zero attached hydrogens (tertiary/aromatic N) is 3. The highest BCUT2D eigenvalue weighted by atomic mass is 32.3. The van der Waals surface area contributed by atoms with Crippen LogP contribution in [-0.4, -0.2) is 36.5 Å². The highest BCUT2D eigenvalue weighted by Crippen LogP contribution is 2.22. The highest BCUT2D eigenvalue weighted by molar-refractivity contribution is 7.80. The molecule has 2 rings (SSSR count). The summed E-state index contributed by atoms with van der Waals surface area (Å²) in [6.07, 6.45) is 0.414. The van der Waals surface area contributed by atoms with Crippen LogP contribution in [-0.2, 0) is 16.8 Å². The van der Waals surface area contributed by atoms with Crippen molar-refractivity contribution in [2.24, 2.45) is 5.92 Å². The van der Waals surface area contributed by atoms with Gasteiger partial charge in [-0.3, -0.25) is 4.55 Å². The second-order valence-corrected chi connectivity index (χ2v) is 5.62. The van der Waals surface area contributed by atoms with Crippen LogP contribution in [0.25, 0.3) is 0 Å². The second kappa shape index (κ2) is 5.77. The quantitative estimate of drug-likeness (QED) is 0.534. The third-order valence-electron chi connectivity index (χ3n) is 2.86. The van der Waals surface area contributed by atoms with Crippen LogP contribution in [0, 0.1) is 5.92 Å². The number of nitrogen functional groups attached to an aromatic ring is 1. The molecule has 9 nitrogen and oxygen atoms in total. The number of aromatic nitrogens is 2. The lowest BCUT2D eigenvalue weighted by molar-refractivity contribution is -0.853. The van der Waals surface area contributed by atoms with Gasteiger partial charge in [0.05, 0.1) is 6.07 Å². The molecule has 1 saturated heterocycles. The van der Waals surface area contributed by atoms with Crippen molar-refractivity contribution >= 4 is 22.0 Å². The van der Waals surface area contributed by atoms with Gasteiger partial charge in [-0.15, -0.1) is 0 Å². The van der Waals surface area contributed by atoms with E-state index >= 15 is 0 Å².